The van der Waals surface area contributed by atoms with Crippen molar-refractivity contribution in [1.82, 2.24) is 4.90 Å². The molecule has 0 aromatic heterocycles. The average molecular weight is 199 g/mol. The van der Waals surface area contributed by atoms with Crippen molar-refractivity contribution >= 4 is 0 Å². The minimum atomic E-state index is 0.463. The molecule has 2 aliphatic rings. The number of ether oxygens (including phenoxy) is 1. The molecule has 1 spiro atoms. The van der Waals surface area contributed by atoms with Gasteiger partial charge < -0.3 is 4.74 Å². The van der Waals surface area contributed by atoms with Crippen LogP contribution in [0.5, 0.6) is 0 Å². The van der Waals surface area contributed by atoms with Crippen molar-refractivity contribution < 1.29 is 4.74 Å². The van der Waals surface area contributed by atoms with Gasteiger partial charge in [0.25, 0.3) is 0 Å². The van der Waals surface area contributed by atoms with Gasteiger partial charge in [-0.3, -0.25) is 4.90 Å². The average Bonchev–Trinajstić information content (AvgIpc) is 2.98. The zero-order chi connectivity index (χ0) is 10.6. The molecule has 0 bridgehead atoms. The summed E-state index contributed by atoms with van der Waals surface area (Å²) >= 11 is 0. The maximum atomic E-state index is 5.61. The lowest BCUT2D eigenvalue weighted by Gasteiger charge is -2.32. The summed E-state index contributed by atoms with van der Waals surface area (Å²) in [7, 11) is 0. The van der Waals surface area contributed by atoms with Gasteiger partial charge in [-0.15, -0.1) is 0 Å². The molecule has 0 atom stereocenters. The lowest BCUT2D eigenvalue weighted by Crippen LogP contribution is -2.44. The van der Waals surface area contributed by atoms with Crippen molar-refractivity contribution in [2.24, 2.45) is 0 Å². The Morgan fingerprint density at radius 3 is 2.36 bits per heavy atom. The molecule has 0 aromatic rings. The van der Waals surface area contributed by atoms with Crippen LogP contribution >= 0.6 is 0 Å². The highest BCUT2D eigenvalue weighted by atomic mass is 16.5. The van der Waals surface area contributed by atoms with E-state index in [0.717, 1.165) is 13.2 Å². The highest BCUT2D eigenvalue weighted by molar-refractivity contribution is 5.05. The first-order valence-electron chi connectivity index (χ1n) is 6.09. The smallest absolute Gasteiger partial charge is 0.0650 e. The Morgan fingerprint density at radius 1 is 1.21 bits per heavy atom. The number of hydrogen-bond acceptors (Lipinski definition) is 2. The lowest BCUT2D eigenvalue weighted by molar-refractivity contribution is 0.0726. The van der Waals surface area contributed by atoms with Gasteiger partial charge in [-0.05, 0) is 33.1 Å². The minimum Gasteiger partial charge on any atom is -0.379 e. The van der Waals surface area contributed by atoms with E-state index in [1.807, 2.05) is 13.8 Å². The van der Waals surface area contributed by atoms with Gasteiger partial charge in [-0.1, -0.05) is 13.8 Å². The van der Waals surface area contributed by atoms with Gasteiger partial charge in [-0.25, -0.2) is 0 Å². The van der Waals surface area contributed by atoms with E-state index in [9.17, 15) is 0 Å². The molecule has 2 rings (SSSR count). The lowest BCUT2D eigenvalue weighted by atomic mass is 10.2. The second kappa shape index (κ2) is 5.13. The fourth-order valence-electron chi connectivity index (χ4n) is 2.30. The van der Waals surface area contributed by atoms with E-state index >= 15 is 0 Å². The van der Waals surface area contributed by atoms with Crippen LogP contribution in [-0.4, -0.2) is 36.2 Å². The maximum Gasteiger partial charge on any atom is 0.0650 e. The zero-order valence-corrected chi connectivity index (χ0v) is 10.2. The second-order valence-corrected chi connectivity index (χ2v) is 4.42. The SMILES string of the molecule is CC.CC(C)N1CCCOCC12CC2. The third kappa shape index (κ3) is 2.48. The van der Waals surface area contributed by atoms with Crippen LogP contribution in [0.25, 0.3) is 0 Å². The fourth-order valence-corrected chi connectivity index (χ4v) is 2.30. The van der Waals surface area contributed by atoms with Gasteiger partial charge in [0.2, 0.25) is 0 Å². The Morgan fingerprint density at radius 2 is 1.86 bits per heavy atom. The zero-order valence-electron chi connectivity index (χ0n) is 10.2. The molecule has 0 N–H and O–H groups in total. The van der Waals surface area contributed by atoms with Gasteiger partial charge in [0.15, 0.2) is 0 Å². The van der Waals surface area contributed by atoms with E-state index in [2.05, 4.69) is 18.7 Å². The first kappa shape index (κ1) is 12.0. The molecule has 0 amide bonds. The summed E-state index contributed by atoms with van der Waals surface area (Å²) in [6, 6.07) is 0.689. The van der Waals surface area contributed by atoms with Crippen LogP contribution in [0.4, 0.5) is 0 Å². The third-order valence-corrected chi connectivity index (χ3v) is 3.12. The van der Waals surface area contributed by atoms with E-state index in [0.29, 0.717) is 11.6 Å². The van der Waals surface area contributed by atoms with Crippen molar-refractivity contribution in [3.8, 4) is 0 Å². The minimum absolute atomic E-state index is 0.463. The number of nitrogens with zero attached hydrogens (tertiary/aromatic N) is 1. The Kier molecular flexibility index (Phi) is 4.39. The Bertz CT molecular complexity index is 164. The molecular weight excluding hydrogens is 174 g/mol. The van der Waals surface area contributed by atoms with Crippen LogP contribution in [0.15, 0.2) is 0 Å². The largest absolute Gasteiger partial charge is 0.379 e. The number of rotatable bonds is 1. The molecule has 0 radical (unpaired) electrons. The summed E-state index contributed by atoms with van der Waals surface area (Å²) < 4.78 is 5.61. The van der Waals surface area contributed by atoms with Gasteiger partial charge in [0.05, 0.1) is 6.61 Å². The molecule has 0 unspecified atom stereocenters. The van der Waals surface area contributed by atoms with Crippen LogP contribution in [-0.2, 0) is 4.74 Å². The first-order valence-corrected chi connectivity index (χ1v) is 6.09. The van der Waals surface area contributed by atoms with E-state index in [1.54, 1.807) is 0 Å². The summed E-state index contributed by atoms with van der Waals surface area (Å²) in [5.41, 5.74) is 0.463. The number of hydrogen-bond donors (Lipinski definition) is 0. The van der Waals surface area contributed by atoms with Crippen LogP contribution in [0.2, 0.25) is 0 Å². The van der Waals surface area contributed by atoms with Crippen LogP contribution < -0.4 is 0 Å². The first-order chi connectivity index (χ1) is 6.75. The van der Waals surface area contributed by atoms with Crippen molar-refractivity contribution in [2.75, 3.05) is 19.8 Å². The summed E-state index contributed by atoms with van der Waals surface area (Å²) in [5, 5.41) is 0. The van der Waals surface area contributed by atoms with E-state index < -0.39 is 0 Å². The maximum absolute atomic E-state index is 5.61. The molecule has 14 heavy (non-hydrogen) atoms. The van der Waals surface area contributed by atoms with Crippen LogP contribution in [0, 0.1) is 0 Å². The van der Waals surface area contributed by atoms with Crippen molar-refractivity contribution in [2.45, 2.75) is 58.5 Å². The third-order valence-electron chi connectivity index (χ3n) is 3.12. The van der Waals surface area contributed by atoms with Gasteiger partial charge >= 0.3 is 0 Å². The van der Waals surface area contributed by atoms with Crippen LogP contribution in [0.1, 0.15) is 47.0 Å². The fraction of sp³-hybridized carbons (Fsp3) is 1.00. The molecule has 1 heterocycles. The molecule has 1 aliphatic heterocycles. The quantitative estimate of drug-likeness (QED) is 0.644. The molecule has 1 saturated heterocycles. The van der Waals surface area contributed by atoms with Gasteiger partial charge in [0, 0.05) is 24.7 Å². The van der Waals surface area contributed by atoms with Gasteiger partial charge in [-0.2, -0.15) is 0 Å². The van der Waals surface area contributed by atoms with Crippen molar-refractivity contribution in [3.63, 3.8) is 0 Å². The summed E-state index contributed by atoms with van der Waals surface area (Å²) in [5.74, 6) is 0. The van der Waals surface area contributed by atoms with E-state index in [-0.39, 0.29) is 0 Å². The molecule has 0 aromatic carbocycles. The molecule has 1 saturated carbocycles. The summed E-state index contributed by atoms with van der Waals surface area (Å²) in [6.45, 7) is 11.8. The normalized spacial score (nSPS) is 25.5. The monoisotopic (exact) mass is 199 g/mol. The molecule has 2 heteroatoms. The predicted molar refractivity (Wildman–Crippen MR) is 60.6 cm³/mol. The van der Waals surface area contributed by atoms with Crippen LogP contribution in [0.3, 0.4) is 0 Å². The molecular formula is C12H25NO. The molecule has 2 nitrogen and oxygen atoms in total. The second-order valence-electron chi connectivity index (χ2n) is 4.42. The summed E-state index contributed by atoms with van der Waals surface area (Å²) in [6.07, 6.45) is 3.91. The van der Waals surface area contributed by atoms with E-state index in [1.165, 1.54) is 25.8 Å². The standard InChI is InChI=1S/C10H19NO.C2H6/c1-9(2)11-6-3-7-12-8-10(11)4-5-10;1-2/h9H,3-8H2,1-2H3;1-2H3. The summed E-state index contributed by atoms with van der Waals surface area (Å²) in [4.78, 5) is 2.64. The highest BCUT2D eigenvalue weighted by Crippen LogP contribution is 2.44. The Labute approximate surface area is 88.6 Å². The molecule has 2 fully saturated rings. The van der Waals surface area contributed by atoms with Crippen molar-refractivity contribution in [3.05, 3.63) is 0 Å². The highest BCUT2D eigenvalue weighted by Gasteiger charge is 2.49. The Hall–Kier alpha value is -0.0800. The van der Waals surface area contributed by atoms with E-state index in [4.69, 9.17) is 4.74 Å². The molecule has 84 valence electrons. The molecule has 1 aliphatic carbocycles. The van der Waals surface area contributed by atoms with Crippen molar-refractivity contribution in [1.29, 1.82) is 0 Å². The predicted octanol–water partition coefficient (Wildman–Crippen LogP) is 2.68. The topological polar surface area (TPSA) is 12.5 Å². The Balaban J connectivity index is 0.000000461. The van der Waals surface area contributed by atoms with Gasteiger partial charge in [0.1, 0.15) is 0 Å².